The number of methoxy groups -OCH3 is 3. The summed E-state index contributed by atoms with van der Waals surface area (Å²) in [5.74, 6) is -1.68. The van der Waals surface area contributed by atoms with E-state index in [4.69, 9.17) is 14.2 Å². The highest BCUT2D eigenvalue weighted by Crippen LogP contribution is 2.29. The highest BCUT2D eigenvalue weighted by Gasteiger charge is 2.22. The molecule has 0 unspecified atom stereocenters. The van der Waals surface area contributed by atoms with Gasteiger partial charge in [-0.1, -0.05) is 12.1 Å². The van der Waals surface area contributed by atoms with Gasteiger partial charge in [0.2, 0.25) is 5.91 Å². The van der Waals surface area contributed by atoms with E-state index in [2.05, 4.69) is 5.32 Å². The summed E-state index contributed by atoms with van der Waals surface area (Å²) in [6.45, 7) is 0. The first-order valence-corrected chi connectivity index (χ1v) is 9.99. The van der Waals surface area contributed by atoms with Crippen LogP contribution >= 0.6 is 0 Å². The van der Waals surface area contributed by atoms with Crippen LogP contribution in [0.25, 0.3) is 0 Å². The van der Waals surface area contributed by atoms with Gasteiger partial charge in [-0.2, -0.15) is 0 Å². The molecule has 0 aliphatic rings. The van der Waals surface area contributed by atoms with Crippen LogP contribution in [0, 0.1) is 0 Å². The Labute approximate surface area is 163 Å². The van der Waals surface area contributed by atoms with Crippen molar-refractivity contribution >= 4 is 27.2 Å². The molecule has 0 saturated carbocycles. The minimum Gasteiger partial charge on any atom is -0.497 e. The summed E-state index contributed by atoms with van der Waals surface area (Å²) in [6.07, 6.45) is 0. The summed E-state index contributed by atoms with van der Waals surface area (Å²) < 4.78 is 39.7. The zero-order valence-electron chi connectivity index (χ0n) is 15.7. The average Bonchev–Trinajstić information content (AvgIpc) is 2.66. The second-order valence-corrected chi connectivity index (χ2v) is 7.87. The molecule has 0 aliphatic heterocycles. The second kappa shape index (κ2) is 9.23. The fourth-order valence-corrected chi connectivity index (χ4v) is 3.58. The maximum absolute atomic E-state index is 12.2. The van der Waals surface area contributed by atoms with E-state index >= 15 is 0 Å². The van der Waals surface area contributed by atoms with Gasteiger partial charge in [-0.3, -0.25) is 9.59 Å². The largest absolute Gasteiger partial charge is 0.497 e. The maximum atomic E-state index is 12.2. The van der Waals surface area contributed by atoms with Crippen LogP contribution in [0.2, 0.25) is 0 Å². The molecule has 0 aliphatic carbocycles. The van der Waals surface area contributed by atoms with Crippen molar-refractivity contribution in [3.8, 4) is 17.2 Å². The van der Waals surface area contributed by atoms with Crippen LogP contribution in [0.15, 0.2) is 42.5 Å². The lowest BCUT2D eigenvalue weighted by molar-refractivity contribution is -0.113. The zero-order valence-corrected chi connectivity index (χ0v) is 16.5. The van der Waals surface area contributed by atoms with E-state index in [0.29, 0.717) is 22.9 Å². The van der Waals surface area contributed by atoms with Crippen LogP contribution in [-0.4, -0.2) is 52.9 Å². The van der Waals surface area contributed by atoms with Crippen molar-refractivity contribution in [3.63, 3.8) is 0 Å². The number of hydrogen-bond acceptors (Lipinski definition) is 7. The predicted molar refractivity (Wildman–Crippen MR) is 104 cm³/mol. The molecule has 0 atom stereocenters. The molecule has 0 fully saturated rings. The van der Waals surface area contributed by atoms with Gasteiger partial charge in [-0.15, -0.1) is 0 Å². The molecule has 8 nitrogen and oxygen atoms in total. The standard InChI is InChI=1S/C19H21NO7S/c1-25-15-6-4-5-13(9-15)16(21)11-28(23,24)12-19(22)20-14-7-8-17(26-2)18(10-14)27-3/h4-10H,11-12H2,1-3H3,(H,20,22). The Morgan fingerprint density at radius 1 is 0.893 bits per heavy atom. The van der Waals surface area contributed by atoms with E-state index in [1.165, 1.54) is 39.5 Å². The number of carbonyl (C=O) groups is 2. The first-order valence-electron chi connectivity index (χ1n) is 8.17. The lowest BCUT2D eigenvalue weighted by Crippen LogP contribution is -2.27. The summed E-state index contributed by atoms with van der Waals surface area (Å²) >= 11 is 0. The zero-order chi connectivity index (χ0) is 20.7. The highest BCUT2D eigenvalue weighted by molar-refractivity contribution is 7.92. The van der Waals surface area contributed by atoms with E-state index < -0.39 is 33.0 Å². The molecule has 0 spiro atoms. The third-order valence-electron chi connectivity index (χ3n) is 3.76. The van der Waals surface area contributed by atoms with Gasteiger partial charge in [0.1, 0.15) is 17.3 Å². The molecular weight excluding hydrogens is 386 g/mol. The minimum atomic E-state index is -3.95. The van der Waals surface area contributed by atoms with Crippen molar-refractivity contribution in [2.45, 2.75) is 0 Å². The van der Waals surface area contributed by atoms with Crippen LogP contribution in [-0.2, 0) is 14.6 Å². The first-order chi connectivity index (χ1) is 13.3. The molecule has 0 saturated heterocycles. The number of anilines is 1. The third-order valence-corrected chi connectivity index (χ3v) is 5.17. The molecule has 28 heavy (non-hydrogen) atoms. The number of benzene rings is 2. The maximum Gasteiger partial charge on any atom is 0.239 e. The molecule has 0 heterocycles. The number of carbonyl (C=O) groups excluding carboxylic acids is 2. The number of sulfone groups is 1. The van der Waals surface area contributed by atoms with Gasteiger partial charge < -0.3 is 19.5 Å². The van der Waals surface area contributed by atoms with Crippen molar-refractivity contribution in [1.82, 2.24) is 0 Å². The lowest BCUT2D eigenvalue weighted by Gasteiger charge is -2.11. The Balaban J connectivity index is 2.03. The van der Waals surface area contributed by atoms with Crippen LogP contribution < -0.4 is 19.5 Å². The normalized spacial score (nSPS) is 10.8. The molecule has 150 valence electrons. The second-order valence-electron chi connectivity index (χ2n) is 5.81. The molecule has 2 aromatic carbocycles. The lowest BCUT2D eigenvalue weighted by atomic mass is 10.1. The molecule has 1 N–H and O–H groups in total. The molecule has 2 rings (SSSR count). The van der Waals surface area contributed by atoms with Gasteiger partial charge in [0.05, 0.1) is 21.3 Å². The SMILES string of the molecule is COc1cccc(C(=O)CS(=O)(=O)CC(=O)Nc2ccc(OC)c(OC)c2)c1. The van der Waals surface area contributed by atoms with Gasteiger partial charge in [-0.25, -0.2) is 8.42 Å². The van der Waals surface area contributed by atoms with Crippen LogP contribution in [0.3, 0.4) is 0 Å². The molecule has 2 aromatic rings. The number of ether oxygens (including phenoxy) is 3. The molecule has 9 heteroatoms. The number of rotatable bonds is 9. The summed E-state index contributed by atoms with van der Waals surface area (Å²) in [5, 5.41) is 2.47. The van der Waals surface area contributed by atoms with Gasteiger partial charge in [0.25, 0.3) is 0 Å². The molecule has 0 bridgehead atoms. The molecule has 0 aromatic heterocycles. The smallest absolute Gasteiger partial charge is 0.239 e. The van der Waals surface area contributed by atoms with Crippen molar-refractivity contribution in [2.24, 2.45) is 0 Å². The van der Waals surface area contributed by atoms with Gasteiger partial charge in [-0.05, 0) is 24.3 Å². The number of amides is 1. The van der Waals surface area contributed by atoms with Crippen molar-refractivity contribution in [1.29, 1.82) is 0 Å². The Morgan fingerprint density at radius 2 is 1.61 bits per heavy atom. The Hall–Kier alpha value is -3.07. The summed E-state index contributed by atoms with van der Waals surface area (Å²) in [6, 6.07) is 10.8. The minimum absolute atomic E-state index is 0.197. The Kier molecular flexibility index (Phi) is 7.00. The monoisotopic (exact) mass is 407 g/mol. The molecular formula is C19H21NO7S. The summed E-state index contributed by atoms with van der Waals surface area (Å²) in [4.78, 5) is 24.3. The number of hydrogen-bond donors (Lipinski definition) is 1. The van der Waals surface area contributed by atoms with Crippen molar-refractivity contribution < 1.29 is 32.2 Å². The quantitative estimate of drug-likeness (QED) is 0.633. The highest BCUT2D eigenvalue weighted by atomic mass is 32.2. The van der Waals surface area contributed by atoms with Gasteiger partial charge in [0.15, 0.2) is 27.1 Å². The first kappa shape index (κ1) is 21.2. The fourth-order valence-electron chi connectivity index (χ4n) is 2.44. The van der Waals surface area contributed by atoms with Gasteiger partial charge >= 0.3 is 0 Å². The predicted octanol–water partition coefficient (Wildman–Crippen LogP) is 1.95. The molecule has 0 radical (unpaired) electrons. The van der Waals surface area contributed by atoms with E-state index in [1.807, 2.05) is 0 Å². The fraction of sp³-hybridized carbons (Fsp3) is 0.263. The van der Waals surface area contributed by atoms with Gasteiger partial charge in [0, 0.05) is 17.3 Å². The number of ketones is 1. The number of nitrogens with one attached hydrogen (secondary N) is 1. The Morgan fingerprint density at radius 3 is 2.25 bits per heavy atom. The van der Waals surface area contributed by atoms with Crippen LogP contribution in [0.1, 0.15) is 10.4 Å². The average molecular weight is 407 g/mol. The van der Waals surface area contributed by atoms with E-state index in [1.54, 1.807) is 24.3 Å². The third kappa shape index (κ3) is 5.71. The van der Waals surface area contributed by atoms with E-state index in [-0.39, 0.29) is 5.56 Å². The topological polar surface area (TPSA) is 108 Å². The van der Waals surface area contributed by atoms with Crippen LogP contribution in [0.4, 0.5) is 5.69 Å². The van der Waals surface area contributed by atoms with E-state index in [9.17, 15) is 18.0 Å². The van der Waals surface area contributed by atoms with Crippen LogP contribution in [0.5, 0.6) is 17.2 Å². The summed E-state index contributed by atoms with van der Waals surface area (Å²) in [7, 11) is 0.405. The van der Waals surface area contributed by atoms with Crippen molar-refractivity contribution in [2.75, 3.05) is 38.2 Å². The van der Waals surface area contributed by atoms with Crippen molar-refractivity contribution in [3.05, 3.63) is 48.0 Å². The molecule has 1 amide bonds. The number of Topliss-reactive ketones (excluding diaryl/α,β-unsaturated/α-hetero) is 1. The summed E-state index contributed by atoms with van der Waals surface area (Å²) in [5.41, 5.74) is 0.542. The van der Waals surface area contributed by atoms with E-state index in [0.717, 1.165) is 0 Å². The Bertz CT molecular complexity index is 970.